The fourth-order valence-corrected chi connectivity index (χ4v) is 1.40. The van der Waals surface area contributed by atoms with Gasteiger partial charge in [0, 0.05) is 12.9 Å². The van der Waals surface area contributed by atoms with Gasteiger partial charge in [-0.05, 0) is 0 Å². The molecule has 0 fully saturated rings. The number of alkyl halides is 3. The zero-order valence-corrected chi connectivity index (χ0v) is 9.53. The van der Waals surface area contributed by atoms with Crippen LogP contribution in [0.5, 0.6) is 0 Å². The minimum Gasteiger partial charge on any atom is -0.384 e. The molecule has 0 aliphatic heterocycles. The maximum absolute atomic E-state index is 11.8. The molecule has 1 unspecified atom stereocenters. The first kappa shape index (κ1) is 15.5. The third-order valence-corrected chi connectivity index (χ3v) is 2.46. The van der Waals surface area contributed by atoms with Gasteiger partial charge in [-0.3, -0.25) is 4.79 Å². The molecule has 0 aromatic carbocycles. The number of ether oxygens (including phenoxy) is 1. The normalized spacial score (nSPS) is 13.6. The number of thioether (sulfide) groups is 1. The quantitative estimate of drug-likeness (QED) is 0.652. The van der Waals surface area contributed by atoms with Crippen LogP contribution in [0, 0.1) is 0 Å². The van der Waals surface area contributed by atoms with E-state index in [1.165, 1.54) is 18.9 Å². The highest BCUT2D eigenvalue weighted by molar-refractivity contribution is 7.99. The number of aliphatic hydroxyl groups excluding tert-OH is 1. The van der Waals surface area contributed by atoms with E-state index < -0.39 is 24.7 Å². The van der Waals surface area contributed by atoms with Crippen molar-refractivity contribution in [2.24, 2.45) is 0 Å². The molecule has 16 heavy (non-hydrogen) atoms. The Bertz CT molecular complexity index is 213. The second-order valence-electron chi connectivity index (χ2n) is 2.91. The summed E-state index contributed by atoms with van der Waals surface area (Å²) in [6, 6.07) is 0. The summed E-state index contributed by atoms with van der Waals surface area (Å²) >= 11 is 1.25. The molecule has 0 aliphatic rings. The average molecular weight is 261 g/mol. The molecule has 0 spiro atoms. The van der Waals surface area contributed by atoms with E-state index in [9.17, 15) is 18.0 Å². The van der Waals surface area contributed by atoms with E-state index in [-0.39, 0.29) is 5.75 Å². The van der Waals surface area contributed by atoms with Crippen molar-refractivity contribution in [3.8, 4) is 0 Å². The SMILES string of the molecule is COCCSCC(=O)NCC(O)C(F)(F)F. The smallest absolute Gasteiger partial charge is 0.384 e. The molecule has 2 N–H and O–H groups in total. The lowest BCUT2D eigenvalue weighted by molar-refractivity contribution is -0.201. The minimum atomic E-state index is -4.70. The predicted octanol–water partition coefficient (Wildman–Crippen LogP) is 0.405. The Kier molecular flexibility index (Phi) is 7.52. The lowest BCUT2D eigenvalue weighted by atomic mass is 10.3. The van der Waals surface area contributed by atoms with Crippen LogP contribution in [0.3, 0.4) is 0 Å². The van der Waals surface area contributed by atoms with Gasteiger partial charge in [-0.2, -0.15) is 13.2 Å². The molecule has 96 valence electrons. The van der Waals surface area contributed by atoms with Crippen molar-refractivity contribution in [2.45, 2.75) is 12.3 Å². The number of nitrogens with one attached hydrogen (secondary N) is 1. The molecule has 0 aliphatic carbocycles. The van der Waals surface area contributed by atoms with Gasteiger partial charge < -0.3 is 15.2 Å². The topological polar surface area (TPSA) is 58.6 Å². The Morgan fingerprint density at radius 3 is 2.69 bits per heavy atom. The molecule has 0 saturated heterocycles. The van der Waals surface area contributed by atoms with Gasteiger partial charge in [-0.1, -0.05) is 0 Å². The number of carbonyl (C=O) groups excluding carboxylic acids is 1. The highest BCUT2D eigenvalue weighted by Crippen LogP contribution is 2.19. The molecule has 8 heteroatoms. The van der Waals surface area contributed by atoms with Crippen molar-refractivity contribution >= 4 is 17.7 Å². The van der Waals surface area contributed by atoms with Crippen molar-refractivity contribution in [1.82, 2.24) is 5.32 Å². The first-order chi connectivity index (χ1) is 7.38. The fourth-order valence-electron chi connectivity index (χ4n) is 0.684. The first-order valence-corrected chi connectivity index (χ1v) is 5.61. The number of hydrogen-bond acceptors (Lipinski definition) is 4. The zero-order valence-electron chi connectivity index (χ0n) is 8.71. The van der Waals surface area contributed by atoms with E-state index in [1.54, 1.807) is 0 Å². The van der Waals surface area contributed by atoms with E-state index >= 15 is 0 Å². The zero-order chi connectivity index (χ0) is 12.6. The lowest BCUT2D eigenvalue weighted by Crippen LogP contribution is -2.41. The van der Waals surface area contributed by atoms with E-state index in [4.69, 9.17) is 9.84 Å². The van der Waals surface area contributed by atoms with Crippen LogP contribution in [0.25, 0.3) is 0 Å². The molecular weight excluding hydrogens is 247 g/mol. The van der Waals surface area contributed by atoms with Gasteiger partial charge in [0.25, 0.3) is 0 Å². The van der Waals surface area contributed by atoms with Crippen LogP contribution in [0.2, 0.25) is 0 Å². The van der Waals surface area contributed by atoms with Crippen LogP contribution in [-0.2, 0) is 9.53 Å². The number of methoxy groups -OCH3 is 1. The van der Waals surface area contributed by atoms with Crippen molar-refractivity contribution in [3.63, 3.8) is 0 Å². The maximum Gasteiger partial charge on any atom is 0.416 e. The molecule has 4 nitrogen and oxygen atoms in total. The summed E-state index contributed by atoms with van der Waals surface area (Å²) in [5, 5.41) is 10.6. The van der Waals surface area contributed by atoms with E-state index in [2.05, 4.69) is 0 Å². The summed E-state index contributed by atoms with van der Waals surface area (Å²) in [5.41, 5.74) is 0. The predicted molar refractivity (Wildman–Crippen MR) is 54.3 cm³/mol. The highest BCUT2D eigenvalue weighted by atomic mass is 32.2. The molecule has 0 aromatic heterocycles. The number of hydrogen-bond donors (Lipinski definition) is 2. The lowest BCUT2D eigenvalue weighted by Gasteiger charge is -2.14. The molecule has 0 rings (SSSR count). The Balaban J connectivity index is 3.58. The molecule has 1 amide bonds. The molecule has 1 atom stereocenters. The van der Waals surface area contributed by atoms with Gasteiger partial charge >= 0.3 is 6.18 Å². The molecular formula is C8H14F3NO3S. The van der Waals surface area contributed by atoms with Crippen molar-refractivity contribution in [3.05, 3.63) is 0 Å². The molecule has 0 aromatic rings. The summed E-state index contributed by atoms with van der Waals surface area (Å²) in [6.45, 7) is -0.337. The number of halogens is 3. The molecule has 0 radical (unpaired) electrons. The van der Waals surface area contributed by atoms with Crippen LogP contribution < -0.4 is 5.32 Å². The second-order valence-corrected chi connectivity index (χ2v) is 4.01. The Morgan fingerprint density at radius 1 is 1.56 bits per heavy atom. The summed E-state index contributed by atoms with van der Waals surface area (Å²) in [7, 11) is 1.51. The van der Waals surface area contributed by atoms with Gasteiger partial charge in [0.1, 0.15) is 0 Å². The standard InChI is InChI=1S/C8H14F3NO3S/c1-15-2-3-16-5-7(14)12-4-6(13)8(9,10)11/h6,13H,2-5H2,1H3,(H,12,14). The van der Waals surface area contributed by atoms with Crippen molar-refractivity contribution < 1.29 is 27.8 Å². The third-order valence-electron chi connectivity index (χ3n) is 1.54. The molecule has 0 bridgehead atoms. The number of rotatable bonds is 7. The Labute approximate surface area is 95.5 Å². The van der Waals surface area contributed by atoms with Crippen molar-refractivity contribution in [2.75, 3.05) is 31.8 Å². The van der Waals surface area contributed by atoms with Gasteiger partial charge in [0.2, 0.25) is 5.91 Å². The minimum absolute atomic E-state index is 0.0495. The van der Waals surface area contributed by atoms with Crippen LogP contribution in [0.1, 0.15) is 0 Å². The van der Waals surface area contributed by atoms with E-state index in [0.29, 0.717) is 12.4 Å². The first-order valence-electron chi connectivity index (χ1n) is 4.46. The summed E-state index contributed by atoms with van der Waals surface area (Å²) < 4.78 is 40.2. The van der Waals surface area contributed by atoms with Gasteiger partial charge in [-0.25, -0.2) is 0 Å². The van der Waals surface area contributed by atoms with Gasteiger partial charge in [-0.15, -0.1) is 11.8 Å². The van der Waals surface area contributed by atoms with Gasteiger partial charge in [0.15, 0.2) is 6.10 Å². The van der Waals surface area contributed by atoms with Crippen LogP contribution in [0.4, 0.5) is 13.2 Å². The van der Waals surface area contributed by atoms with E-state index in [0.717, 1.165) is 0 Å². The van der Waals surface area contributed by atoms with Crippen LogP contribution in [0.15, 0.2) is 0 Å². The van der Waals surface area contributed by atoms with E-state index in [1.807, 2.05) is 5.32 Å². The Morgan fingerprint density at radius 2 is 2.19 bits per heavy atom. The highest BCUT2D eigenvalue weighted by Gasteiger charge is 2.38. The Hall–Kier alpha value is -0.470. The summed E-state index contributed by atoms with van der Waals surface area (Å²) in [4.78, 5) is 11.0. The molecule has 0 saturated carbocycles. The number of carbonyl (C=O) groups is 1. The number of aliphatic hydroxyl groups is 1. The average Bonchev–Trinajstić information content (AvgIpc) is 2.19. The van der Waals surface area contributed by atoms with Crippen molar-refractivity contribution in [1.29, 1.82) is 0 Å². The van der Waals surface area contributed by atoms with Crippen LogP contribution in [-0.4, -0.2) is 55.1 Å². The monoisotopic (exact) mass is 261 g/mol. The molecule has 0 heterocycles. The van der Waals surface area contributed by atoms with Crippen LogP contribution >= 0.6 is 11.8 Å². The largest absolute Gasteiger partial charge is 0.416 e. The number of amides is 1. The third kappa shape index (κ3) is 7.77. The fraction of sp³-hybridized carbons (Fsp3) is 0.875. The second kappa shape index (κ2) is 7.75. The summed E-state index contributed by atoms with van der Waals surface area (Å²) in [5.74, 6) is 0.101. The summed E-state index contributed by atoms with van der Waals surface area (Å²) in [6.07, 6.45) is -7.21. The van der Waals surface area contributed by atoms with Gasteiger partial charge in [0.05, 0.1) is 18.9 Å². The maximum atomic E-state index is 11.8.